The molecule has 0 unspecified atom stereocenters. The molecular formula is C13H21N5O2S2. The summed E-state index contributed by atoms with van der Waals surface area (Å²) in [7, 11) is 0. The van der Waals surface area contributed by atoms with Gasteiger partial charge in [0.25, 0.3) is 0 Å². The van der Waals surface area contributed by atoms with Gasteiger partial charge in [0.15, 0.2) is 4.32 Å². The largest absolute Gasteiger partial charge is 0.466 e. The third-order valence-corrected chi connectivity index (χ3v) is 4.62. The fraction of sp³-hybridized carbons (Fsp3) is 0.692. The van der Waals surface area contributed by atoms with Gasteiger partial charge in [-0.3, -0.25) is 4.79 Å². The highest BCUT2D eigenvalue weighted by atomic mass is 32.2. The highest BCUT2D eigenvalue weighted by Gasteiger charge is 2.18. The van der Waals surface area contributed by atoms with Crippen LogP contribution in [0.25, 0.3) is 0 Å². The lowest BCUT2D eigenvalue weighted by atomic mass is 10.1. The number of anilines is 2. The summed E-state index contributed by atoms with van der Waals surface area (Å²) < 4.78 is 6.84. The van der Waals surface area contributed by atoms with Gasteiger partial charge >= 0.3 is 5.97 Å². The molecule has 0 saturated carbocycles. The molecule has 0 bridgehead atoms. The standard InChI is InChI=1S/C13H21N5O2S2/c1-2-20-10(19)6-9-22-13(21)18-11(14)15-12(16-18)17-7-4-3-5-8-17/h2-9H2,1H3,(H2,14,15,16). The third kappa shape index (κ3) is 4.57. The molecular weight excluding hydrogens is 322 g/mol. The Morgan fingerprint density at radius 1 is 1.41 bits per heavy atom. The number of piperidine rings is 1. The van der Waals surface area contributed by atoms with Crippen molar-refractivity contribution in [2.24, 2.45) is 0 Å². The second kappa shape index (κ2) is 8.33. The van der Waals surface area contributed by atoms with Crippen LogP contribution in [0.2, 0.25) is 0 Å². The van der Waals surface area contributed by atoms with E-state index in [-0.39, 0.29) is 11.9 Å². The Morgan fingerprint density at radius 3 is 2.82 bits per heavy atom. The zero-order chi connectivity index (χ0) is 15.9. The van der Waals surface area contributed by atoms with Gasteiger partial charge < -0.3 is 15.4 Å². The van der Waals surface area contributed by atoms with Crippen molar-refractivity contribution >= 4 is 46.2 Å². The summed E-state index contributed by atoms with van der Waals surface area (Å²) in [5, 5.41) is 4.40. The van der Waals surface area contributed by atoms with Crippen LogP contribution in [0.1, 0.15) is 32.6 Å². The van der Waals surface area contributed by atoms with Gasteiger partial charge in [0.1, 0.15) is 0 Å². The molecule has 2 heterocycles. The summed E-state index contributed by atoms with van der Waals surface area (Å²) in [5.74, 6) is 1.23. The first-order valence-corrected chi connectivity index (χ1v) is 8.81. The van der Waals surface area contributed by atoms with Crippen molar-refractivity contribution < 1.29 is 9.53 Å². The molecule has 2 rings (SSSR count). The second-order valence-electron chi connectivity index (χ2n) is 4.90. The summed E-state index contributed by atoms with van der Waals surface area (Å²) in [6.07, 6.45) is 3.85. The summed E-state index contributed by atoms with van der Waals surface area (Å²) in [6, 6.07) is 0. The topological polar surface area (TPSA) is 86.3 Å². The zero-order valence-corrected chi connectivity index (χ0v) is 14.3. The highest BCUT2D eigenvalue weighted by molar-refractivity contribution is 8.23. The first kappa shape index (κ1) is 17.0. The molecule has 1 fully saturated rings. The molecule has 1 saturated heterocycles. The number of carbonyl (C=O) groups is 1. The fourth-order valence-electron chi connectivity index (χ4n) is 2.19. The average Bonchev–Trinajstić information content (AvgIpc) is 2.90. The molecule has 0 aromatic carbocycles. The number of nitrogens with zero attached hydrogens (tertiary/aromatic N) is 4. The molecule has 22 heavy (non-hydrogen) atoms. The van der Waals surface area contributed by atoms with Crippen molar-refractivity contribution in [3.05, 3.63) is 0 Å². The first-order chi connectivity index (χ1) is 10.6. The van der Waals surface area contributed by atoms with Gasteiger partial charge in [-0.1, -0.05) is 24.0 Å². The number of aromatic nitrogens is 3. The molecule has 0 radical (unpaired) electrons. The molecule has 1 aromatic rings. The number of hydrogen-bond acceptors (Lipinski definition) is 8. The quantitative estimate of drug-likeness (QED) is 0.638. The highest BCUT2D eigenvalue weighted by Crippen LogP contribution is 2.19. The van der Waals surface area contributed by atoms with Crippen molar-refractivity contribution in [1.29, 1.82) is 0 Å². The Morgan fingerprint density at radius 2 is 2.14 bits per heavy atom. The maximum absolute atomic E-state index is 11.3. The average molecular weight is 343 g/mol. The van der Waals surface area contributed by atoms with Crippen molar-refractivity contribution in [2.75, 3.05) is 36.1 Å². The summed E-state index contributed by atoms with van der Waals surface area (Å²) >= 11 is 6.66. The summed E-state index contributed by atoms with van der Waals surface area (Å²) in [4.78, 5) is 17.7. The van der Waals surface area contributed by atoms with Crippen LogP contribution in [0.4, 0.5) is 11.9 Å². The SMILES string of the molecule is CCOC(=O)CCSC(=S)n1nc(N2CCCCC2)nc1N. The number of rotatable bonds is 5. The number of thiocarbonyl (C=S) groups is 1. The van der Waals surface area contributed by atoms with E-state index in [2.05, 4.69) is 15.0 Å². The molecule has 0 amide bonds. The van der Waals surface area contributed by atoms with Crippen LogP contribution in [0.3, 0.4) is 0 Å². The van der Waals surface area contributed by atoms with Gasteiger partial charge in [-0.25, -0.2) is 0 Å². The normalized spacial score (nSPS) is 14.9. The van der Waals surface area contributed by atoms with E-state index < -0.39 is 0 Å². The minimum absolute atomic E-state index is 0.224. The molecule has 2 N–H and O–H groups in total. The number of esters is 1. The molecule has 1 aromatic heterocycles. The van der Waals surface area contributed by atoms with E-state index >= 15 is 0 Å². The molecule has 1 aliphatic heterocycles. The Bertz CT molecular complexity index is 529. The van der Waals surface area contributed by atoms with Gasteiger partial charge in [0.05, 0.1) is 13.0 Å². The fourth-order valence-corrected chi connectivity index (χ4v) is 3.28. The molecule has 0 atom stereocenters. The maximum Gasteiger partial charge on any atom is 0.306 e. The summed E-state index contributed by atoms with van der Waals surface area (Å²) in [6.45, 7) is 4.08. The smallest absolute Gasteiger partial charge is 0.306 e. The van der Waals surface area contributed by atoms with Crippen molar-refractivity contribution in [3.8, 4) is 0 Å². The van der Waals surface area contributed by atoms with Crippen LogP contribution < -0.4 is 10.6 Å². The third-order valence-electron chi connectivity index (χ3n) is 3.27. The molecule has 1 aliphatic rings. The van der Waals surface area contributed by atoms with Crippen LogP contribution in [0.15, 0.2) is 0 Å². The first-order valence-electron chi connectivity index (χ1n) is 7.42. The van der Waals surface area contributed by atoms with Crippen LogP contribution in [-0.4, -0.2) is 50.5 Å². The minimum atomic E-state index is -0.224. The Kier molecular flexibility index (Phi) is 6.44. The van der Waals surface area contributed by atoms with Crippen LogP contribution >= 0.6 is 24.0 Å². The van der Waals surface area contributed by atoms with Crippen molar-refractivity contribution in [3.63, 3.8) is 0 Å². The Labute approximate surface area is 139 Å². The monoisotopic (exact) mass is 343 g/mol. The lowest BCUT2D eigenvalue weighted by Gasteiger charge is -2.24. The van der Waals surface area contributed by atoms with E-state index in [1.165, 1.54) is 22.9 Å². The van der Waals surface area contributed by atoms with Gasteiger partial charge in [-0.15, -0.1) is 5.10 Å². The predicted octanol–water partition coefficient (Wildman–Crippen LogP) is 1.67. The minimum Gasteiger partial charge on any atom is -0.466 e. The van der Waals surface area contributed by atoms with E-state index in [1.807, 2.05) is 0 Å². The lowest BCUT2D eigenvalue weighted by Crippen LogP contribution is -2.30. The number of hydrogen-bond donors (Lipinski definition) is 1. The van der Waals surface area contributed by atoms with Crippen molar-refractivity contribution in [2.45, 2.75) is 32.6 Å². The van der Waals surface area contributed by atoms with Gasteiger partial charge in [0, 0.05) is 18.8 Å². The second-order valence-corrected chi connectivity index (χ2v) is 6.63. The van der Waals surface area contributed by atoms with E-state index in [4.69, 9.17) is 22.7 Å². The predicted molar refractivity (Wildman–Crippen MR) is 92.2 cm³/mol. The van der Waals surface area contributed by atoms with Crippen molar-refractivity contribution in [1.82, 2.24) is 14.8 Å². The van der Waals surface area contributed by atoms with Gasteiger partial charge in [0.2, 0.25) is 11.9 Å². The Hall–Kier alpha value is -1.35. The zero-order valence-electron chi connectivity index (χ0n) is 12.7. The molecule has 0 spiro atoms. The van der Waals surface area contributed by atoms with E-state index in [0.717, 1.165) is 25.9 Å². The van der Waals surface area contributed by atoms with Crippen LogP contribution in [0, 0.1) is 0 Å². The molecule has 122 valence electrons. The molecule has 7 nitrogen and oxygen atoms in total. The number of nitrogens with two attached hydrogens (primary N) is 1. The van der Waals surface area contributed by atoms with Crippen LogP contribution in [0.5, 0.6) is 0 Å². The molecule has 9 heteroatoms. The number of carbonyl (C=O) groups excluding carboxylic acids is 1. The molecule has 0 aliphatic carbocycles. The van der Waals surface area contributed by atoms with E-state index in [1.54, 1.807) is 6.92 Å². The number of ether oxygens (including phenoxy) is 1. The Balaban J connectivity index is 1.89. The summed E-state index contributed by atoms with van der Waals surface area (Å²) in [5.41, 5.74) is 5.90. The van der Waals surface area contributed by atoms with Crippen LogP contribution in [-0.2, 0) is 9.53 Å². The lowest BCUT2D eigenvalue weighted by molar-refractivity contribution is -0.142. The number of thioether (sulfide) groups is 1. The maximum atomic E-state index is 11.3. The van der Waals surface area contributed by atoms with Gasteiger partial charge in [-0.05, 0) is 26.2 Å². The van der Waals surface area contributed by atoms with E-state index in [9.17, 15) is 4.79 Å². The number of nitrogen functional groups attached to an aromatic ring is 1. The van der Waals surface area contributed by atoms with Gasteiger partial charge in [-0.2, -0.15) is 9.67 Å². The van der Waals surface area contributed by atoms with E-state index in [0.29, 0.717) is 29.0 Å².